The lowest BCUT2D eigenvalue weighted by molar-refractivity contribution is 0.588. The third kappa shape index (κ3) is 2.76. The molecule has 0 saturated heterocycles. The monoisotopic (exact) mass is 269 g/mol. The molecule has 0 spiro atoms. The molecule has 6 heteroatoms. The highest BCUT2D eigenvalue weighted by Crippen LogP contribution is 2.35. The van der Waals surface area contributed by atoms with Crippen LogP contribution in [0, 0.1) is 5.92 Å². The van der Waals surface area contributed by atoms with E-state index >= 15 is 0 Å². The summed E-state index contributed by atoms with van der Waals surface area (Å²) in [5.74, 6) is 0.713. The Bertz CT molecular complexity index is 538. The van der Waals surface area contributed by atoms with Crippen LogP contribution in [0.4, 0.5) is 11.4 Å². The zero-order valence-corrected chi connectivity index (χ0v) is 11.4. The second-order valence-electron chi connectivity index (χ2n) is 4.73. The molecule has 1 aliphatic rings. The summed E-state index contributed by atoms with van der Waals surface area (Å²) >= 11 is 0. The summed E-state index contributed by atoms with van der Waals surface area (Å²) in [6.07, 6.45) is 2.50. The van der Waals surface area contributed by atoms with Crippen LogP contribution < -0.4 is 15.8 Å². The minimum atomic E-state index is -3.43. The fraction of sp³-hybridized carbons (Fsp3) is 0.500. The van der Waals surface area contributed by atoms with E-state index in [0.717, 1.165) is 5.69 Å². The van der Waals surface area contributed by atoms with Crippen molar-refractivity contribution in [3.8, 4) is 0 Å². The lowest BCUT2D eigenvalue weighted by Crippen LogP contribution is -2.20. The molecule has 2 rings (SSSR count). The molecule has 18 heavy (non-hydrogen) atoms. The number of nitrogen functional groups attached to an aromatic ring is 1. The summed E-state index contributed by atoms with van der Waals surface area (Å²) in [6.45, 7) is 2.12. The summed E-state index contributed by atoms with van der Waals surface area (Å²) in [5.41, 5.74) is 7.14. The van der Waals surface area contributed by atoms with Crippen LogP contribution >= 0.6 is 0 Å². The standard InChI is InChI=1S/C12H19N3O2S/c1-8(9-3-4-9)15-12-6-5-10(7-11(12)13)18(16,17)14-2/h5-9,14-15H,3-4,13H2,1-2H3. The molecule has 1 aliphatic carbocycles. The Morgan fingerprint density at radius 3 is 2.56 bits per heavy atom. The number of rotatable bonds is 5. The smallest absolute Gasteiger partial charge is 0.240 e. The van der Waals surface area contributed by atoms with Gasteiger partial charge in [0.2, 0.25) is 10.0 Å². The first-order valence-electron chi connectivity index (χ1n) is 6.03. The Balaban J connectivity index is 2.19. The highest BCUT2D eigenvalue weighted by atomic mass is 32.2. The molecule has 1 atom stereocenters. The number of anilines is 2. The number of nitrogens with one attached hydrogen (secondary N) is 2. The fourth-order valence-electron chi connectivity index (χ4n) is 1.92. The number of hydrogen-bond donors (Lipinski definition) is 3. The Morgan fingerprint density at radius 2 is 2.06 bits per heavy atom. The molecular formula is C12H19N3O2S. The van der Waals surface area contributed by atoms with Gasteiger partial charge in [-0.25, -0.2) is 13.1 Å². The zero-order chi connectivity index (χ0) is 13.3. The van der Waals surface area contributed by atoms with Crippen LogP contribution in [0.5, 0.6) is 0 Å². The number of nitrogens with two attached hydrogens (primary N) is 1. The highest BCUT2D eigenvalue weighted by Gasteiger charge is 2.28. The third-order valence-corrected chi connectivity index (χ3v) is 4.73. The van der Waals surface area contributed by atoms with Gasteiger partial charge in [-0.15, -0.1) is 0 Å². The van der Waals surface area contributed by atoms with Crippen LogP contribution in [-0.4, -0.2) is 21.5 Å². The summed E-state index contributed by atoms with van der Waals surface area (Å²) in [4.78, 5) is 0.187. The predicted molar refractivity (Wildman–Crippen MR) is 72.9 cm³/mol. The first kappa shape index (κ1) is 13.2. The van der Waals surface area contributed by atoms with Gasteiger partial charge in [-0.2, -0.15) is 0 Å². The van der Waals surface area contributed by atoms with Crippen molar-refractivity contribution in [3.05, 3.63) is 18.2 Å². The molecule has 1 fully saturated rings. The largest absolute Gasteiger partial charge is 0.397 e. The fourth-order valence-corrected chi connectivity index (χ4v) is 2.68. The van der Waals surface area contributed by atoms with Gasteiger partial charge in [0, 0.05) is 6.04 Å². The summed E-state index contributed by atoms with van der Waals surface area (Å²) in [6, 6.07) is 5.13. The number of sulfonamides is 1. The molecule has 1 unspecified atom stereocenters. The van der Waals surface area contributed by atoms with Crippen molar-refractivity contribution >= 4 is 21.4 Å². The average molecular weight is 269 g/mol. The van der Waals surface area contributed by atoms with Crippen LogP contribution in [-0.2, 0) is 10.0 Å². The van der Waals surface area contributed by atoms with E-state index in [1.54, 1.807) is 12.1 Å². The molecule has 1 aromatic carbocycles. The molecule has 0 heterocycles. The first-order chi connectivity index (χ1) is 8.44. The van der Waals surface area contributed by atoms with Gasteiger partial charge < -0.3 is 11.1 Å². The minimum absolute atomic E-state index is 0.187. The molecule has 0 amide bonds. The maximum Gasteiger partial charge on any atom is 0.240 e. The van der Waals surface area contributed by atoms with Gasteiger partial charge in [0.1, 0.15) is 0 Å². The molecule has 0 aliphatic heterocycles. The van der Waals surface area contributed by atoms with E-state index in [0.29, 0.717) is 17.6 Å². The minimum Gasteiger partial charge on any atom is -0.397 e. The van der Waals surface area contributed by atoms with Crippen LogP contribution in [0.1, 0.15) is 19.8 Å². The first-order valence-corrected chi connectivity index (χ1v) is 7.52. The van der Waals surface area contributed by atoms with E-state index in [2.05, 4.69) is 17.0 Å². The molecule has 100 valence electrons. The predicted octanol–water partition coefficient (Wildman–Crippen LogP) is 1.39. The Hall–Kier alpha value is -1.27. The maximum atomic E-state index is 11.6. The van der Waals surface area contributed by atoms with E-state index in [-0.39, 0.29) is 4.90 Å². The molecule has 5 nitrogen and oxygen atoms in total. The van der Waals surface area contributed by atoms with Crippen molar-refractivity contribution < 1.29 is 8.42 Å². The molecule has 0 aromatic heterocycles. The van der Waals surface area contributed by atoms with E-state index in [4.69, 9.17) is 5.73 Å². The van der Waals surface area contributed by atoms with Gasteiger partial charge in [-0.1, -0.05) is 0 Å². The molecule has 1 saturated carbocycles. The van der Waals surface area contributed by atoms with Crippen molar-refractivity contribution in [2.75, 3.05) is 18.1 Å². The van der Waals surface area contributed by atoms with Crippen molar-refractivity contribution in [1.29, 1.82) is 0 Å². The van der Waals surface area contributed by atoms with Crippen LogP contribution in [0.2, 0.25) is 0 Å². The topological polar surface area (TPSA) is 84.2 Å². The number of benzene rings is 1. The second-order valence-corrected chi connectivity index (χ2v) is 6.61. The Morgan fingerprint density at radius 1 is 1.39 bits per heavy atom. The molecule has 0 radical (unpaired) electrons. The average Bonchev–Trinajstić information content (AvgIpc) is 3.15. The van der Waals surface area contributed by atoms with Gasteiger partial charge in [-0.05, 0) is 50.9 Å². The lowest BCUT2D eigenvalue weighted by atomic mass is 10.2. The maximum absolute atomic E-state index is 11.6. The van der Waals surface area contributed by atoms with Crippen molar-refractivity contribution in [1.82, 2.24) is 4.72 Å². The van der Waals surface area contributed by atoms with Crippen LogP contribution in [0.15, 0.2) is 23.1 Å². The Kier molecular flexibility index (Phi) is 3.49. The lowest BCUT2D eigenvalue weighted by Gasteiger charge is -2.16. The zero-order valence-electron chi connectivity index (χ0n) is 10.6. The van der Waals surface area contributed by atoms with Crippen molar-refractivity contribution in [2.45, 2.75) is 30.7 Å². The highest BCUT2D eigenvalue weighted by molar-refractivity contribution is 7.89. The van der Waals surface area contributed by atoms with Gasteiger partial charge in [-0.3, -0.25) is 0 Å². The van der Waals surface area contributed by atoms with Crippen molar-refractivity contribution in [2.24, 2.45) is 5.92 Å². The summed E-state index contributed by atoms with van der Waals surface area (Å²) < 4.78 is 25.5. The SMILES string of the molecule is CNS(=O)(=O)c1ccc(NC(C)C2CC2)c(N)c1. The van der Waals surface area contributed by atoms with E-state index in [9.17, 15) is 8.42 Å². The number of hydrogen-bond acceptors (Lipinski definition) is 4. The summed E-state index contributed by atoms with van der Waals surface area (Å²) in [7, 11) is -2.05. The van der Waals surface area contributed by atoms with E-state index < -0.39 is 10.0 Å². The molecule has 1 aromatic rings. The quantitative estimate of drug-likeness (QED) is 0.705. The van der Waals surface area contributed by atoms with Gasteiger partial charge in [0.25, 0.3) is 0 Å². The van der Waals surface area contributed by atoms with Crippen molar-refractivity contribution in [3.63, 3.8) is 0 Å². The Labute approximate surface area is 108 Å². The van der Waals surface area contributed by atoms with E-state index in [1.807, 2.05) is 0 Å². The second kappa shape index (κ2) is 4.78. The van der Waals surface area contributed by atoms with Crippen LogP contribution in [0.3, 0.4) is 0 Å². The molecular weight excluding hydrogens is 250 g/mol. The summed E-state index contributed by atoms with van der Waals surface area (Å²) in [5, 5.41) is 3.33. The normalized spacial score (nSPS) is 17.4. The van der Waals surface area contributed by atoms with E-state index in [1.165, 1.54) is 26.0 Å². The molecule has 0 bridgehead atoms. The van der Waals surface area contributed by atoms with Crippen LogP contribution in [0.25, 0.3) is 0 Å². The van der Waals surface area contributed by atoms with Gasteiger partial charge in [0.05, 0.1) is 16.3 Å². The van der Waals surface area contributed by atoms with Gasteiger partial charge in [0.15, 0.2) is 0 Å². The van der Waals surface area contributed by atoms with Gasteiger partial charge >= 0.3 is 0 Å². The molecule has 4 N–H and O–H groups in total. The third-order valence-electron chi connectivity index (χ3n) is 3.31.